The zero-order chi connectivity index (χ0) is 10.5. The first kappa shape index (κ1) is 10.4. The summed E-state index contributed by atoms with van der Waals surface area (Å²) in [6.07, 6.45) is 6.28. The predicted octanol–water partition coefficient (Wildman–Crippen LogP) is 3.44. The maximum atomic E-state index is 5.88. The fourth-order valence-electron chi connectivity index (χ4n) is 1.57. The SMILES string of the molecule is Clc1cccc(NCC2CCC=CO2)c1. The zero-order valence-electron chi connectivity index (χ0n) is 8.45. The van der Waals surface area contributed by atoms with Gasteiger partial charge in [-0.2, -0.15) is 0 Å². The quantitative estimate of drug-likeness (QED) is 0.848. The van der Waals surface area contributed by atoms with Crippen molar-refractivity contribution in [2.24, 2.45) is 0 Å². The second kappa shape index (κ2) is 5.08. The third kappa shape index (κ3) is 3.17. The molecule has 1 heterocycles. The van der Waals surface area contributed by atoms with Crippen LogP contribution >= 0.6 is 11.6 Å². The van der Waals surface area contributed by atoms with Gasteiger partial charge in [-0.1, -0.05) is 17.7 Å². The Kier molecular flexibility index (Phi) is 3.51. The van der Waals surface area contributed by atoms with Gasteiger partial charge in [0.15, 0.2) is 0 Å². The first-order chi connectivity index (χ1) is 7.34. The first-order valence-corrected chi connectivity index (χ1v) is 5.52. The van der Waals surface area contributed by atoms with Crippen LogP contribution in [0.4, 0.5) is 5.69 Å². The Morgan fingerprint density at radius 1 is 1.47 bits per heavy atom. The molecule has 80 valence electrons. The Hall–Kier alpha value is -1.15. The van der Waals surface area contributed by atoms with Crippen LogP contribution in [0.25, 0.3) is 0 Å². The molecule has 0 bridgehead atoms. The molecule has 1 aromatic carbocycles. The van der Waals surface area contributed by atoms with Crippen molar-refractivity contribution in [3.8, 4) is 0 Å². The van der Waals surface area contributed by atoms with Crippen molar-refractivity contribution < 1.29 is 4.74 Å². The summed E-state index contributed by atoms with van der Waals surface area (Å²) >= 11 is 5.88. The minimum absolute atomic E-state index is 0.272. The maximum Gasteiger partial charge on any atom is 0.115 e. The van der Waals surface area contributed by atoms with Crippen molar-refractivity contribution >= 4 is 17.3 Å². The number of benzene rings is 1. The van der Waals surface area contributed by atoms with Crippen molar-refractivity contribution in [2.45, 2.75) is 18.9 Å². The Bertz CT molecular complexity index is 351. The highest BCUT2D eigenvalue weighted by atomic mass is 35.5. The van der Waals surface area contributed by atoms with Gasteiger partial charge in [-0.3, -0.25) is 0 Å². The molecule has 2 rings (SSSR count). The molecular weight excluding hydrogens is 210 g/mol. The van der Waals surface area contributed by atoms with Gasteiger partial charge < -0.3 is 10.1 Å². The Morgan fingerprint density at radius 3 is 3.13 bits per heavy atom. The fourth-order valence-corrected chi connectivity index (χ4v) is 1.76. The van der Waals surface area contributed by atoms with E-state index in [4.69, 9.17) is 16.3 Å². The van der Waals surface area contributed by atoms with E-state index < -0.39 is 0 Å². The lowest BCUT2D eigenvalue weighted by Gasteiger charge is -2.20. The predicted molar refractivity (Wildman–Crippen MR) is 63.2 cm³/mol. The van der Waals surface area contributed by atoms with Crippen LogP contribution in [0.3, 0.4) is 0 Å². The molecule has 1 aliphatic rings. The van der Waals surface area contributed by atoms with Crippen LogP contribution < -0.4 is 5.32 Å². The van der Waals surface area contributed by atoms with Crippen molar-refractivity contribution in [1.29, 1.82) is 0 Å². The van der Waals surface area contributed by atoms with E-state index in [1.807, 2.05) is 24.3 Å². The van der Waals surface area contributed by atoms with Gasteiger partial charge in [0.25, 0.3) is 0 Å². The molecule has 0 aromatic heterocycles. The second-order valence-corrected chi connectivity index (χ2v) is 4.03. The number of nitrogens with one attached hydrogen (secondary N) is 1. The van der Waals surface area contributed by atoms with Crippen LogP contribution in [0, 0.1) is 0 Å². The van der Waals surface area contributed by atoms with E-state index in [1.165, 1.54) is 0 Å². The molecule has 15 heavy (non-hydrogen) atoms. The second-order valence-electron chi connectivity index (χ2n) is 3.60. The van der Waals surface area contributed by atoms with Crippen LogP contribution in [0.2, 0.25) is 5.02 Å². The summed E-state index contributed by atoms with van der Waals surface area (Å²) in [5.41, 5.74) is 1.04. The molecule has 1 unspecified atom stereocenters. The number of rotatable bonds is 3. The molecule has 1 aromatic rings. The summed E-state index contributed by atoms with van der Waals surface area (Å²) in [5, 5.41) is 4.07. The molecule has 3 heteroatoms. The van der Waals surface area contributed by atoms with Crippen molar-refractivity contribution in [3.63, 3.8) is 0 Å². The van der Waals surface area contributed by atoms with Gasteiger partial charge >= 0.3 is 0 Å². The topological polar surface area (TPSA) is 21.3 Å². The summed E-state index contributed by atoms with van der Waals surface area (Å²) in [6.45, 7) is 0.824. The molecule has 0 aliphatic carbocycles. The molecule has 0 amide bonds. The third-order valence-corrected chi connectivity index (χ3v) is 2.62. The summed E-state index contributed by atoms with van der Waals surface area (Å²) in [7, 11) is 0. The third-order valence-electron chi connectivity index (χ3n) is 2.38. The van der Waals surface area contributed by atoms with Gasteiger partial charge in [0.2, 0.25) is 0 Å². The lowest BCUT2D eigenvalue weighted by Crippen LogP contribution is -2.22. The molecular formula is C12H14ClNO. The number of hydrogen-bond acceptors (Lipinski definition) is 2. The molecule has 0 radical (unpaired) electrons. The standard InChI is InChI=1S/C12H14ClNO/c13-10-4-3-5-11(8-10)14-9-12-6-1-2-7-15-12/h2-5,7-8,12,14H,1,6,9H2. The minimum Gasteiger partial charge on any atom is -0.497 e. The Labute approximate surface area is 94.9 Å². The lowest BCUT2D eigenvalue weighted by molar-refractivity contribution is 0.135. The number of anilines is 1. The average molecular weight is 224 g/mol. The van der Waals surface area contributed by atoms with Gasteiger partial charge in [-0.15, -0.1) is 0 Å². The summed E-state index contributed by atoms with van der Waals surface area (Å²) in [5.74, 6) is 0. The lowest BCUT2D eigenvalue weighted by atomic mass is 10.1. The van der Waals surface area contributed by atoms with Crippen LogP contribution in [-0.2, 0) is 4.74 Å². The highest BCUT2D eigenvalue weighted by molar-refractivity contribution is 6.30. The van der Waals surface area contributed by atoms with Gasteiger partial charge in [0.1, 0.15) is 6.10 Å². The molecule has 0 spiro atoms. The zero-order valence-corrected chi connectivity index (χ0v) is 9.20. The number of halogens is 1. The van der Waals surface area contributed by atoms with Gasteiger partial charge in [-0.05, 0) is 37.1 Å². The fraction of sp³-hybridized carbons (Fsp3) is 0.333. The van der Waals surface area contributed by atoms with E-state index >= 15 is 0 Å². The molecule has 1 aliphatic heterocycles. The maximum absolute atomic E-state index is 5.88. The van der Waals surface area contributed by atoms with E-state index in [0.717, 1.165) is 30.1 Å². The van der Waals surface area contributed by atoms with Gasteiger partial charge in [-0.25, -0.2) is 0 Å². The van der Waals surface area contributed by atoms with Crippen LogP contribution in [0.5, 0.6) is 0 Å². The smallest absolute Gasteiger partial charge is 0.115 e. The normalized spacial score (nSPS) is 19.7. The molecule has 0 saturated heterocycles. The van der Waals surface area contributed by atoms with Crippen molar-refractivity contribution in [2.75, 3.05) is 11.9 Å². The molecule has 0 saturated carbocycles. The largest absolute Gasteiger partial charge is 0.497 e. The molecule has 2 nitrogen and oxygen atoms in total. The number of allylic oxidation sites excluding steroid dienone is 1. The highest BCUT2D eigenvalue weighted by Crippen LogP contribution is 2.16. The molecule has 1 atom stereocenters. The Morgan fingerprint density at radius 2 is 2.40 bits per heavy atom. The number of hydrogen-bond donors (Lipinski definition) is 1. The summed E-state index contributed by atoms with van der Waals surface area (Å²) in [6, 6.07) is 7.73. The highest BCUT2D eigenvalue weighted by Gasteiger charge is 2.09. The monoisotopic (exact) mass is 223 g/mol. The van der Waals surface area contributed by atoms with E-state index in [9.17, 15) is 0 Å². The van der Waals surface area contributed by atoms with Crippen LogP contribution in [0.15, 0.2) is 36.6 Å². The van der Waals surface area contributed by atoms with E-state index in [2.05, 4.69) is 11.4 Å². The van der Waals surface area contributed by atoms with Crippen LogP contribution in [-0.4, -0.2) is 12.6 Å². The first-order valence-electron chi connectivity index (χ1n) is 5.14. The summed E-state index contributed by atoms with van der Waals surface area (Å²) in [4.78, 5) is 0. The van der Waals surface area contributed by atoms with Crippen molar-refractivity contribution in [1.82, 2.24) is 0 Å². The van der Waals surface area contributed by atoms with E-state index in [-0.39, 0.29) is 6.10 Å². The number of ether oxygens (including phenoxy) is 1. The molecule has 0 fully saturated rings. The van der Waals surface area contributed by atoms with Gasteiger partial charge in [0.05, 0.1) is 12.8 Å². The Balaban J connectivity index is 1.84. The average Bonchev–Trinajstić information content (AvgIpc) is 2.28. The van der Waals surface area contributed by atoms with E-state index in [1.54, 1.807) is 6.26 Å². The van der Waals surface area contributed by atoms with Crippen LogP contribution in [0.1, 0.15) is 12.8 Å². The van der Waals surface area contributed by atoms with E-state index in [0.29, 0.717) is 0 Å². The van der Waals surface area contributed by atoms with Gasteiger partial charge in [0, 0.05) is 10.7 Å². The summed E-state index contributed by atoms with van der Waals surface area (Å²) < 4.78 is 5.45. The van der Waals surface area contributed by atoms with Crippen molar-refractivity contribution in [3.05, 3.63) is 41.6 Å². The molecule has 1 N–H and O–H groups in total. The minimum atomic E-state index is 0.272.